The van der Waals surface area contributed by atoms with Crippen molar-refractivity contribution in [1.29, 1.82) is 0 Å². The number of hydrogen-bond donors (Lipinski definition) is 3. The van der Waals surface area contributed by atoms with Crippen molar-refractivity contribution in [3.63, 3.8) is 0 Å². The zero-order valence-corrected chi connectivity index (χ0v) is 19.0. The minimum absolute atomic E-state index is 0.431. The van der Waals surface area contributed by atoms with E-state index in [0.717, 1.165) is 21.6 Å². The fraction of sp³-hybridized carbons (Fsp3) is 0.273. The number of nitrogens with two attached hydrogens (primary N) is 1. The third kappa shape index (κ3) is 4.62. The molecule has 0 bridgehead atoms. The highest BCUT2D eigenvalue weighted by molar-refractivity contribution is 7.10. The van der Waals surface area contributed by atoms with Crippen LogP contribution >= 0.6 is 11.5 Å². The Morgan fingerprint density at radius 2 is 1.69 bits per heavy atom. The lowest BCUT2D eigenvalue weighted by molar-refractivity contribution is -0.118. The van der Waals surface area contributed by atoms with E-state index in [1.807, 2.05) is 18.2 Å². The van der Waals surface area contributed by atoms with Gasteiger partial charge in [0.1, 0.15) is 11.8 Å². The van der Waals surface area contributed by atoms with Crippen LogP contribution < -0.4 is 30.0 Å². The zero-order chi connectivity index (χ0) is 23.3. The van der Waals surface area contributed by atoms with Crippen molar-refractivity contribution in [1.82, 2.24) is 4.37 Å². The highest BCUT2D eigenvalue weighted by Gasteiger charge is 2.20. The number of ether oxygens (including phenoxy) is 4. The molecule has 3 aromatic rings. The Morgan fingerprint density at radius 1 is 1.03 bits per heavy atom. The van der Waals surface area contributed by atoms with E-state index in [-0.39, 0.29) is 0 Å². The average molecular weight is 460 g/mol. The second kappa shape index (κ2) is 10.3. The number of nitrogens with one attached hydrogen (secondary N) is 1. The molecule has 1 amide bonds. The number of carbonyl (C=O) groups excluding carboxylic acids is 1. The third-order valence-electron chi connectivity index (χ3n) is 4.80. The highest BCUT2D eigenvalue weighted by Crippen LogP contribution is 2.45. The molecule has 3 rings (SSSR count). The molecule has 0 aliphatic heterocycles. The summed E-state index contributed by atoms with van der Waals surface area (Å²) in [6.45, 7) is -0.465. The molecular formula is C22H25N3O6S. The number of nitrogens with zero attached hydrogens (tertiary/aromatic N) is 1. The molecule has 170 valence electrons. The number of hydrogen-bond acceptors (Lipinski definition) is 9. The topological polar surface area (TPSA) is 125 Å². The van der Waals surface area contributed by atoms with Gasteiger partial charge in [-0.15, -0.1) is 0 Å². The Labute approximate surface area is 189 Å². The van der Waals surface area contributed by atoms with Crippen molar-refractivity contribution < 1.29 is 28.8 Å². The van der Waals surface area contributed by atoms with Gasteiger partial charge in [-0.2, -0.15) is 4.37 Å². The van der Waals surface area contributed by atoms with Crippen LogP contribution in [0, 0.1) is 0 Å². The van der Waals surface area contributed by atoms with Gasteiger partial charge in [0.2, 0.25) is 11.7 Å². The van der Waals surface area contributed by atoms with Crippen molar-refractivity contribution in [2.75, 3.05) is 40.4 Å². The average Bonchev–Trinajstić information content (AvgIpc) is 3.32. The molecule has 0 aliphatic rings. The van der Waals surface area contributed by atoms with Crippen LogP contribution in [-0.2, 0) is 4.79 Å². The molecule has 0 aliphatic carbocycles. The fourth-order valence-corrected chi connectivity index (χ4v) is 3.90. The Balaban J connectivity index is 2.07. The van der Waals surface area contributed by atoms with Crippen LogP contribution in [0.5, 0.6) is 23.0 Å². The molecule has 32 heavy (non-hydrogen) atoms. The number of aromatic nitrogens is 1. The third-order valence-corrected chi connectivity index (χ3v) is 5.65. The second-order valence-corrected chi connectivity index (χ2v) is 7.48. The molecule has 0 radical (unpaired) electrons. The number of aliphatic hydroxyl groups excluding tert-OH is 1. The number of methoxy groups -OCH3 is 4. The first-order chi connectivity index (χ1) is 15.5. The standard InChI is InChI=1S/C22H25N3O6S/c1-28-17-6-5-12(7-16(17)25-22(27)15(23)11-26)14-10-24-32-21(14)13-8-18(29-2)20(31-4)19(9-13)30-3/h5-10,15,26H,11,23H2,1-4H3,(H,25,27). The van der Waals surface area contributed by atoms with Crippen LogP contribution in [0.4, 0.5) is 5.69 Å². The molecule has 1 atom stereocenters. The van der Waals surface area contributed by atoms with Crippen molar-refractivity contribution in [3.05, 3.63) is 36.5 Å². The van der Waals surface area contributed by atoms with Crippen molar-refractivity contribution >= 4 is 23.1 Å². The van der Waals surface area contributed by atoms with Gasteiger partial charge in [0.05, 0.1) is 45.6 Å². The quantitative estimate of drug-likeness (QED) is 0.446. The Bertz CT molecular complexity index is 1080. The summed E-state index contributed by atoms with van der Waals surface area (Å²) in [5.41, 5.74) is 8.53. The van der Waals surface area contributed by atoms with Crippen molar-refractivity contribution in [2.45, 2.75) is 6.04 Å². The van der Waals surface area contributed by atoms with Crippen molar-refractivity contribution in [3.8, 4) is 44.6 Å². The molecule has 0 spiro atoms. The van der Waals surface area contributed by atoms with E-state index in [4.69, 9.17) is 29.8 Å². The van der Waals surface area contributed by atoms with Crippen molar-refractivity contribution in [2.24, 2.45) is 5.73 Å². The first-order valence-electron chi connectivity index (χ1n) is 9.58. The maximum absolute atomic E-state index is 12.2. The molecule has 9 nitrogen and oxygen atoms in total. The number of rotatable bonds is 9. The molecule has 0 saturated heterocycles. The second-order valence-electron chi connectivity index (χ2n) is 6.68. The van der Waals surface area contributed by atoms with Gasteiger partial charge < -0.3 is 35.1 Å². The fourth-order valence-electron chi connectivity index (χ4n) is 3.15. The molecule has 0 saturated carbocycles. The molecule has 1 heterocycles. The first kappa shape index (κ1) is 23.3. The molecular weight excluding hydrogens is 434 g/mol. The summed E-state index contributed by atoms with van der Waals surface area (Å²) in [4.78, 5) is 13.1. The predicted octanol–water partition coefficient (Wildman–Crippen LogP) is 2.77. The number of anilines is 1. The van der Waals surface area contributed by atoms with E-state index in [9.17, 15) is 4.79 Å². The minimum Gasteiger partial charge on any atom is -0.495 e. The molecule has 1 aromatic heterocycles. The van der Waals surface area contributed by atoms with Gasteiger partial charge in [0.25, 0.3) is 0 Å². The lowest BCUT2D eigenvalue weighted by atomic mass is 10.0. The first-order valence-corrected chi connectivity index (χ1v) is 10.3. The summed E-state index contributed by atoms with van der Waals surface area (Å²) in [6, 6.07) is 8.04. The minimum atomic E-state index is -1.04. The predicted molar refractivity (Wildman–Crippen MR) is 123 cm³/mol. The summed E-state index contributed by atoms with van der Waals surface area (Å²) in [5, 5.41) is 11.8. The number of aliphatic hydroxyl groups is 1. The van der Waals surface area contributed by atoms with Gasteiger partial charge in [0, 0.05) is 17.3 Å². The molecule has 4 N–H and O–H groups in total. The summed E-state index contributed by atoms with van der Waals surface area (Å²) in [7, 11) is 6.17. The van der Waals surface area contributed by atoms with Crippen LogP contribution in [0.15, 0.2) is 36.5 Å². The van der Waals surface area contributed by atoms with Crippen LogP contribution in [0.25, 0.3) is 21.6 Å². The van der Waals surface area contributed by atoms with E-state index in [1.165, 1.54) is 18.6 Å². The van der Waals surface area contributed by atoms with Gasteiger partial charge in [0.15, 0.2) is 11.5 Å². The van der Waals surface area contributed by atoms with E-state index in [2.05, 4.69) is 9.69 Å². The monoisotopic (exact) mass is 459 g/mol. The van der Waals surface area contributed by atoms with E-state index >= 15 is 0 Å². The van der Waals surface area contributed by atoms with Crippen LogP contribution in [-0.4, -0.2) is 56.5 Å². The molecule has 10 heteroatoms. The van der Waals surface area contributed by atoms with Gasteiger partial charge >= 0.3 is 0 Å². The summed E-state index contributed by atoms with van der Waals surface area (Å²) in [6.07, 6.45) is 1.75. The maximum atomic E-state index is 12.2. The summed E-state index contributed by atoms with van der Waals surface area (Å²) in [5.74, 6) is 1.50. The SMILES string of the molecule is COc1ccc(-c2cnsc2-c2cc(OC)c(OC)c(OC)c2)cc1NC(=O)C(N)CO. The Kier molecular flexibility index (Phi) is 7.52. The largest absolute Gasteiger partial charge is 0.495 e. The molecule has 1 unspecified atom stereocenters. The van der Waals surface area contributed by atoms with Gasteiger partial charge in [-0.1, -0.05) is 6.07 Å². The van der Waals surface area contributed by atoms with Gasteiger partial charge in [-0.25, -0.2) is 0 Å². The molecule has 0 fully saturated rings. The Morgan fingerprint density at radius 3 is 2.25 bits per heavy atom. The van der Waals surface area contributed by atoms with Gasteiger partial charge in [-0.05, 0) is 41.4 Å². The highest BCUT2D eigenvalue weighted by atomic mass is 32.1. The van der Waals surface area contributed by atoms with Crippen LogP contribution in [0.3, 0.4) is 0 Å². The maximum Gasteiger partial charge on any atom is 0.243 e. The van der Waals surface area contributed by atoms with Crippen LogP contribution in [0.1, 0.15) is 0 Å². The lowest BCUT2D eigenvalue weighted by Gasteiger charge is -2.15. The summed E-state index contributed by atoms with van der Waals surface area (Å²) >= 11 is 1.31. The zero-order valence-electron chi connectivity index (χ0n) is 18.2. The number of carbonyl (C=O) groups is 1. The van der Waals surface area contributed by atoms with E-state index in [0.29, 0.717) is 28.7 Å². The van der Waals surface area contributed by atoms with E-state index < -0.39 is 18.6 Å². The van der Waals surface area contributed by atoms with E-state index in [1.54, 1.807) is 39.7 Å². The van der Waals surface area contributed by atoms with Gasteiger partial charge in [-0.3, -0.25) is 4.79 Å². The normalized spacial score (nSPS) is 11.6. The Hall–Kier alpha value is -3.34. The smallest absolute Gasteiger partial charge is 0.243 e. The number of amides is 1. The summed E-state index contributed by atoms with van der Waals surface area (Å²) < 4.78 is 26.1. The lowest BCUT2D eigenvalue weighted by Crippen LogP contribution is -2.38. The molecule has 2 aromatic carbocycles. The number of benzene rings is 2. The van der Waals surface area contributed by atoms with Crippen LogP contribution in [0.2, 0.25) is 0 Å².